The molecule has 0 bridgehead atoms. The van der Waals surface area contributed by atoms with Crippen LogP contribution in [0.15, 0.2) is 42.9 Å². The zero-order valence-corrected chi connectivity index (χ0v) is 13.8. The molecule has 1 amide bonds. The second-order valence-corrected chi connectivity index (χ2v) is 6.01. The highest BCUT2D eigenvalue weighted by Crippen LogP contribution is 2.21. The van der Waals surface area contributed by atoms with Crippen LogP contribution in [0.3, 0.4) is 0 Å². The maximum Gasteiger partial charge on any atom is 0.251 e. The van der Waals surface area contributed by atoms with Crippen LogP contribution in [0, 0.1) is 5.92 Å². The highest BCUT2D eigenvalue weighted by molar-refractivity contribution is 5.93. The first-order chi connectivity index (χ1) is 11.8. The highest BCUT2D eigenvalue weighted by Gasteiger charge is 2.23. The number of likely N-dealkylation sites (tertiary alicyclic amines) is 1. The van der Waals surface area contributed by atoms with Crippen LogP contribution in [0.1, 0.15) is 22.3 Å². The number of nitrogens with one attached hydrogen (secondary N) is 1. The first kappa shape index (κ1) is 16.4. The van der Waals surface area contributed by atoms with Crippen molar-refractivity contribution >= 4 is 5.91 Å². The molecule has 3 rings (SSSR count). The summed E-state index contributed by atoms with van der Waals surface area (Å²) in [5.41, 5.74) is 1.75. The molecule has 0 aliphatic carbocycles. The van der Waals surface area contributed by atoms with E-state index >= 15 is 0 Å². The summed E-state index contributed by atoms with van der Waals surface area (Å²) >= 11 is 0. The van der Waals surface area contributed by atoms with Crippen LogP contribution in [0.25, 0.3) is 0 Å². The predicted octanol–water partition coefficient (Wildman–Crippen LogP) is 1.74. The Morgan fingerprint density at radius 1 is 1.33 bits per heavy atom. The maximum atomic E-state index is 12.1. The van der Waals surface area contributed by atoms with Gasteiger partial charge in [-0.25, -0.2) is 4.98 Å². The van der Waals surface area contributed by atoms with Gasteiger partial charge in [-0.3, -0.25) is 14.7 Å². The number of ether oxygens (including phenoxy) is 1. The van der Waals surface area contributed by atoms with E-state index in [1.807, 2.05) is 12.1 Å². The molecular formula is C18H22N4O2. The van der Waals surface area contributed by atoms with Crippen molar-refractivity contribution in [3.8, 4) is 5.88 Å². The van der Waals surface area contributed by atoms with E-state index in [0.29, 0.717) is 23.9 Å². The first-order valence-corrected chi connectivity index (χ1v) is 8.14. The van der Waals surface area contributed by atoms with E-state index in [2.05, 4.69) is 20.2 Å². The smallest absolute Gasteiger partial charge is 0.251 e. The topological polar surface area (TPSA) is 67.3 Å². The minimum atomic E-state index is -0.0372. The lowest BCUT2D eigenvalue weighted by Crippen LogP contribution is -2.31. The third-order valence-electron chi connectivity index (χ3n) is 4.30. The minimum Gasteiger partial charge on any atom is -0.481 e. The molecule has 3 heterocycles. The molecule has 2 aromatic rings. The molecule has 1 atom stereocenters. The summed E-state index contributed by atoms with van der Waals surface area (Å²) in [6.45, 7) is 3.51. The van der Waals surface area contributed by atoms with Crippen molar-refractivity contribution in [2.45, 2.75) is 13.0 Å². The van der Waals surface area contributed by atoms with Gasteiger partial charge in [-0.15, -0.1) is 0 Å². The van der Waals surface area contributed by atoms with Gasteiger partial charge in [0, 0.05) is 49.4 Å². The Labute approximate surface area is 141 Å². The lowest BCUT2D eigenvalue weighted by molar-refractivity contribution is 0.0947. The maximum absolute atomic E-state index is 12.1. The minimum absolute atomic E-state index is 0.0372. The SMILES string of the molecule is COc1ncccc1CN1CC[C@H](CNC(=O)c2ccncc2)C1. The summed E-state index contributed by atoms with van der Waals surface area (Å²) in [6, 6.07) is 7.43. The third-order valence-corrected chi connectivity index (χ3v) is 4.30. The van der Waals surface area contributed by atoms with Crippen molar-refractivity contribution in [2.75, 3.05) is 26.7 Å². The van der Waals surface area contributed by atoms with Gasteiger partial charge in [0.1, 0.15) is 0 Å². The van der Waals surface area contributed by atoms with E-state index in [1.165, 1.54) is 0 Å². The molecule has 0 unspecified atom stereocenters. The summed E-state index contributed by atoms with van der Waals surface area (Å²) in [5.74, 6) is 1.12. The van der Waals surface area contributed by atoms with Gasteiger partial charge in [0.15, 0.2) is 0 Å². The molecular weight excluding hydrogens is 304 g/mol. The fourth-order valence-electron chi connectivity index (χ4n) is 3.03. The fourth-order valence-corrected chi connectivity index (χ4v) is 3.03. The van der Waals surface area contributed by atoms with E-state index < -0.39 is 0 Å². The number of pyridine rings is 2. The van der Waals surface area contributed by atoms with Crippen LogP contribution in [-0.4, -0.2) is 47.5 Å². The molecule has 1 aliphatic rings. The van der Waals surface area contributed by atoms with Crippen LogP contribution < -0.4 is 10.1 Å². The number of carbonyl (C=O) groups is 1. The van der Waals surface area contributed by atoms with Gasteiger partial charge < -0.3 is 10.1 Å². The van der Waals surface area contributed by atoms with Crippen LogP contribution in [0.4, 0.5) is 0 Å². The van der Waals surface area contributed by atoms with Crippen molar-refractivity contribution in [1.29, 1.82) is 0 Å². The molecule has 0 aromatic carbocycles. The van der Waals surface area contributed by atoms with Crippen LogP contribution in [0.5, 0.6) is 5.88 Å². The Hall–Kier alpha value is -2.47. The van der Waals surface area contributed by atoms with E-state index in [1.54, 1.807) is 37.8 Å². The lowest BCUT2D eigenvalue weighted by Gasteiger charge is -2.17. The third kappa shape index (κ3) is 4.08. The zero-order chi connectivity index (χ0) is 16.8. The summed E-state index contributed by atoms with van der Waals surface area (Å²) in [7, 11) is 1.65. The second-order valence-electron chi connectivity index (χ2n) is 6.01. The molecule has 1 saturated heterocycles. The lowest BCUT2D eigenvalue weighted by atomic mass is 10.1. The van der Waals surface area contributed by atoms with E-state index in [4.69, 9.17) is 4.74 Å². The van der Waals surface area contributed by atoms with E-state index in [0.717, 1.165) is 31.6 Å². The number of aromatic nitrogens is 2. The number of rotatable bonds is 6. The number of amides is 1. The molecule has 2 aromatic heterocycles. The van der Waals surface area contributed by atoms with Crippen LogP contribution in [-0.2, 0) is 6.54 Å². The number of methoxy groups -OCH3 is 1. The highest BCUT2D eigenvalue weighted by atomic mass is 16.5. The molecule has 0 radical (unpaired) electrons. The quantitative estimate of drug-likeness (QED) is 0.876. The number of carbonyl (C=O) groups excluding carboxylic acids is 1. The van der Waals surface area contributed by atoms with Crippen LogP contribution >= 0.6 is 0 Å². The Kier molecular flexibility index (Phi) is 5.38. The summed E-state index contributed by atoms with van der Waals surface area (Å²) < 4.78 is 5.31. The fraction of sp³-hybridized carbons (Fsp3) is 0.389. The number of hydrogen-bond donors (Lipinski definition) is 1. The van der Waals surface area contributed by atoms with Gasteiger partial charge in [0.2, 0.25) is 5.88 Å². The molecule has 24 heavy (non-hydrogen) atoms. The van der Waals surface area contributed by atoms with Gasteiger partial charge >= 0.3 is 0 Å². The monoisotopic (exact) mass is 326 g/mol. The van der Waals surface area contributed by atoms with E-state index in [9.17, 15) is 4.79 Å². The Morgan fingerprint density at radius 2 is 2.17 bits per heavy atom. The average Bonchev–Trinajstić information content (AvgIpc) is 3.08. The Balaban J connectivity index is 1.48. The summed E-state index contributed by atoms with van der Waals surface area (Å²) in [5, 5.41) is 3.02. The summed E-state index contributed by atoms with van der Waals surface area (Å²) in [6.07, 6.45) is 6.09. The largest absolute Gasteiger partial charge is 0.481 e. The van der Waals surface area contributed by atoms with Crippen LogP contribution in [0.2, 0.25) is 0 Å². The van der Waals surface area contributed by atoms with Crippen molar-refractivity contribution in [2.24, 2.45) is 5.92 Å². The summed E-state index contributed by atoms with van der Waals surface area (Å²) in [4.78, 5) is 22.6. The van der Waals surface area contributed by atoms with Gasteiger partial charge in [0.25, 0.3) is 5.91 Å². The van der Waals surface area contributed by atoms with Crippen molar-refractivity contribution < 1.29 is 9.53 Å². The van der Waals surface area contributed by atoms with E-state index in [-0.39, 0.29) is 5.91 Å². The van der Waals surface area contributed by atoms with Crippen molar-refractivity contribution in [3.63, 3.8) is 0 Å². The predicted molar refractivity (Wildman–Crippen MR) is 90.7 cm³/mol. The van der Waals surface area contributed by atoms with Gasteiger partial charge in [-0.05, 0) is 37.1 Å². The van der Waals surface area contributed by atoms with Gasteiger partial charge in [-0.2, -0.15) is 0 Å². The molecule has 0 spiro atoms. The Bertz CT molecular complexity index is 678. The molecule has 6 heteroatoms. The number of nitrogens with zero attached hydrogens (tertiary/aromatic N) is 3. The normalized spacial score (nSPS) is 17.6. The standard InChI is InChI=1S/C18H22N4O2/c1-24-18-16(3-2-7-20-18)13-22-10-6-14(12-22)11-21-17(23)15-4-8-19-9-5-15/h2-5,7-9,14H,6,10-13H2,1H3,(H,21,23)/t14-/m1/s1. The molecule has 126 valence electrons. The van der Waals surface area contributed by atoms with Gasteiger partial charge in [0.05, 0.1) is 7.11 Å². The molecule has 1 N–H and O–H groups in total. The van der Waals surface area contributed by atoms with Gasteiger partial charge in [-0.1, -0.05) is 6.07 Å². The molecule has 0 saturated carbocycles. The molecule has 1 aliphatic heterocycles. The second kappa shape index (κ2) is 7.88. The molecule has 6 nitrogen and oxygen atoms in total. The average molecular weight is 326 g/mol. The zero-order valence-electron chi connectivity index (χ0n) is 13.8. The first-order valence-electron chi connectivity index (χ1n) is 8.14. The van der Waals surface area contributed by atoms with Crippen molar-refractivity contribution in [1.82, 2.24) is 20.2 Å². The Morgan fingerprint density at radius 3 is 2.96 bits per heavy atom. The molecule has 1 fully saturated rings. The number of hydrogen-bond acceptors (Lipinski definition) is 5. The van der Waals surface area contributed by atoms with Crippen molar-refractivity contribution in [3.05, 3.63) is 54.0 Å².